The summed E-state index contributed by atoms with van der Waals surface area (Å²) < 4.78 is 6.14. The number of benzene rings is 1. The van der Waals surface area contributed by atoms with Gasteiger partial charge in [0.05, 0.1) is 5.60 Å². The van der Waals surface area contributed by atoms with Crippen molar-refractivity contribution in [1.29, 1.82) is 0 Å². The molecule has 6 heteroatoms. The molecule has 0 heterocycles. The minimum Gasteiger partial charge on any atom is -0.465 e. The SMILES string of the molecule is CCN(CCc1ccc(Cl)c(C(C)(C)O[Si]C(C)(C)C)c1)C(=O)O. The molecule has 1 N–H and O–H groups in total. The number of halogens is 1. The number of carboxylic acid groups (broad SMARTS) is 1. The van der Waals surface area contributed by atoms with Crippen molar-refractivity contribution < 1.29 is 14.3 Å². The molecule has 1 amide bonds. The van der Waals surface area contributed by atoms with Gasteiger partial charge in [-0.1, -0.05) is 44.5 Å². The van der Waals surface area contributed by atoms with Crippen LogP contribution in [0, 0.1) is 0 Å². The van der Waals surface area contributed by atoms with E-state index in [4.69, 9.17) is 21.1 Å². The second kappa shape index (κ2) is 8.36. The topological polar surface area (TPSA) is 49.8 Å². The summed E-state index contributed by atoms with van der Waals surface area (Å²) in [5, 5.41) is 9.89. The Morgan fingerprint density at radius 2 is 1.92 bits per heavy atom. The maximum atomic E-state index is 11.1. The fraction of sp³-hybridized carbons (Fsp3) is 0.611. The van der Waals surface area contributed by atoms with Gasteiger partial charge in [-0.25, -0.2) is 4.79 Å². The standard InChI is InChI=1S/C18H28ClNO3Si/c1-7-20(16(21)22)11-10-13-8-9-15(19)14(12-13)18(5,6)23-24-17(2,3)4/h8-9,12H,7,10-11H2,1-6H3,(H,21,22). The van der Waals surface area contributed by atoms with E-state index in [1.54, 1.807) is 0 Å². The fourth-order valence-corrected chi connectivity index (χ4v) is 3.19. The molecule has 0 unspecified atom stereocenters. The van der Waals surface area contributed by atoms with Crippen LogP contribution in [0.15, 0.2) is 18.2 Å². The van der Waals surface area contributed by atoms with Crippen LogP contribution in [-0.2, 0) is 16.4 Å². The third-order valence-corrected chi connectivity index (χ3v) is 5.17. The van der Waals surface area contributed by atoms with E-state index in [2.05, 4.69) is 20.8 Å². The lowest BCUT2D eigenvalue weighted by Crippen LogP contribution is -2.31. The minimum absolute atomic E-state index is 0.102. The third-order valence-electron chi connectivity index (χ3n) is 3.61. The van der Waals surface area contributed by atoms with E-state index in [1.165, 1.54) is 4.90 Å². The molecule has 1 rings (SSSR count). The van der Waals surface area contributed by atoms with Gasteiger partial charge in [0.1, 0.15) is 0 Å². The zero-order chi connectivity index (χ0) is 18.5. The summed E-state index contributed by atoms with van der Waals surface area (Å²) in [4.78, 5) is 12.5. The average molecular weight is 370 g/mol. The van der Waals surface area contributed by atoms with Crippen molar-refractivity contribution in [2.24, 2.45) is 0 Å². The molecule has 0 aromatic heterocycles. The summed E-state index contributed by atoms with van der Waals surface area (Å²) in [6.07, 6.45) is -0.233. The summed E-state index contributed by atoms with van der Waals surface area (Å²) in [5.74, 6) is 0. The largest absolute Gasteiger partial charge is 0.465 e. The highest BCUT2D eigenvalue weighted by Gasteiger charge is 2.27. The zero-order valence-corrected chi connectivity index (χ0v) is 17.2. The van der Waals surface area contributed by atoms with Gasteiger partial charge in [-0.15, -0.1) is 0 Å². The van der Waals surface area contributed by atoms with Gasteiger partial charge in [-0.3, -0.25) is 0 Å². The van der Waals surface area contributed by atoms with Gasteiger partial charge in [0.25, 0.3) is 0 Å². The number of nitrogens with zero attached hydrogens (tertiary/aromatic N) is 1. The zero-order valence-electron chi connectivity index (χ0n) is 15.4. The second-order valence-corrected chi connectivity index (χ2v) is 9.71. The number of hydrogen-bond donors (Lipinski definition) is 1. The molecule has 4 nitrogen and oxygen atoms in total. The summed E-state index contributed by atoms with van der Waals surface area (Å²) in [6.45, 7) is 13.3. The first-order valence-electron chi connectivity index (χ1n) is 8.18. The molecule has 2 radical (unpaired) electrons. The summed E-state index contributed by atoms with van der Waals surface area (Å²) in [5.41, 5.74) is 1.51. The predicted octanol–water partition coefficient (Wildman–Crippen LogP) is 4.97. The van der Waals surface area contributed by atoms with Crippen molar-refractivity contribution in [1.82, 2.24) is 4.90 Å². The van der Waals surface area contributed by atoms with Crippen LogP contribution >= 0.6 is 11.6 Å². The average Bonchev–Trinajstić information content (AvgIpc) is 2.46. The van der Waals surface area contributed by atoms with E-state index in [0.717, 1.165) is 11.1 Å². The number of likely N-dealkylation sites (N-methyl/N-ethyl adjacent to an activating group) is 1. The first-order chi connectivity index (χ1) is 11.0. The van der Waals surface area contributed by atoms with E-state index < -0.39 is 11.7 Å². The molecule has 0 bridgehead atoms. The van der Waals surface area contributed by atoms with Crippen LogP contribution in [0.25, 0.3) is 0 Å². The van der Waals surface area contributed by atoms with E-state index >= 15 is 0 Å². The number of rotatable bonds is 7. The smallest absolute Gasteiger partial charge is 0.407 e. The molecular formula is C18H28ClNO3Si. The first-order valence-corrected chi connectivity index (χ1v) is 9.47. The van der Waals surface area contributed by atoms with E-state index in [-0.39, 0.29) is 5.04 Å². The summed E-state index contributed by atoms with van der Waals surface area (Å²) >= 11 is 6.39. The quantitative estimate of drug-likeness (QED) is 0.690. The molecule has 0 aliphatic rings. The molecule has 0 spiro atoms. The van der Waals surface area contributed by atoms with Gasteiger partial charge >= 0.3 is 6.09 Å². The maximum Gasteiger partial charge on any atom is 0.407 e. The van der Waals surface area contributed by atoms with Gasteiger partial charge in [-0.2, -0.15) is 0 Å². The number of carbonyl (C=O) groups is 1. The van der Waals surface area contributed by atoms with E-state index in [1.807, 2.05) is 39.0 Å². The van der Waals surface area contributed by atoms with Gasteiger partial charge in [0.15, 0.2) is 0 Å². The monoisotopic (exact) mass is 369 g/mol. The van der Waals surface area contributed by atoms with E-state index in [0.29, 0.717) is 34.3 Å². The van der Waals surface area contributed by atoms with Crippen molar-refractivity contribution in [3.63, 3.8) is 0 Å². The molecular weight excluding hydrogens is 342 g/mol. The lowest BCUT2D eigenvalue weighted by atomic mass is 9.95. The number of hydrogen-bond acceptors (Lipinski definition) is 2. The normalized spacial score (nSPS) is 12.3. The van der Waals surface area contributed by atoms with E-state index in [9.17, 15) is 4.79 Å². The van der Waals surface area contributed by atoms with Gasteiger partial charge in [0, 0.05) is 23.7 Å². The number of amides is 1. The Morgan fingerprint density at radius 3 is 2.42 bits per heavy atom. The molecule has 1 aromatic rings. The Kier molecular flexibility index (Phi) is 7.32. The molecule has 1 aromatic carbocycles. The van der Waals surface area contributed by atoms with Crippen LogP contribution in [0.1, 0.15) is 52.7 Å². The van der Waals surface area contributed by atoms with Gasteiger partial charge < -0.3 is 14.4 Å². The Morgan fingerprint density at radius 1 is 1.29 bits per heavy atom. The second-order valence-electron chi connectivity index (χ2n) is 7.39. The van der Waals surface area contributed by atoms with Gasteiger partial charge in [-0.05, 0) is 43.9 Å². The molecule has 0 atom stereocenters. The predicted molar refractivity (Wildman–Crippen MR) is 100 cm³/mol. The molecule has 24 heavy (non-hydrogen) atoms. The van der Waals surface area contributed by atoms with Crippen LogP contribution in [-0.4, -0.2) is 39.0 Å². The first kappa shape index (κ1) is 21.0. The van der Waals surface area contributed by atoms with Crippen LogP contribution in [0.5, 0.6) is 0 Å². The third kappa shape index (κ3) is 6.46. The van der Waals surface area contributed by atoms with Crippen LogP contribution in [0.4, 0.5) is 4.79 Å². The van der Waals surface area contributed by atoms with Crippen molar-refractivity contribution in [2.45, 2.75) is 58.6 Å². The van der Waals surface area contributed by atoms with Crippen molar-refractivity contribution >= 4 is 27.5 Å². The Labute approximate surface area is 153 Å². The minimum atomic E-state index is -0.887. The lowest BCUT2D eigenvalue weighted by molar-refractivity contribution is 0.109. The van der Waals surface area contributed by atoms with Gasteiger partial charge in [0.2, 0.25) is 9.76 Å². The highest BCUT2D eigenvalue weighted by atomic mass is 35.5. The molecule has 0 fully saturated rings. The molecule has 0 saturated carbocycles. The highest BCUT2D eigenvalue weighted by molar-refractivity contribution is 6.32. The Hall–Kier alpha value is -1.04. The Bertz CT molecular complexity index is 570. The Balaban J connectivity index is 2.90. The fourth-order valence-electron chi connectivity index (χ4n) is 2.18. The molecule has 0 aliphatic heterocycles. The van der Waals surface area contributed by atoms with Crippen molar-refractivity contribution in [3.05, 3.63) is 34.3 Å². The van der Waals surface area contributed by atoms with Crippen LogP contribution in [0.3, 0.4) is 0 Å². The summed E-state index contributed by atoms with van der Waals surface area (Å²) in [7, 11) is 0.361. The van der Waals surface area contributed by atoms with Crippen molar-refractivity contribution in [3.8, 4) is 0 Å². The maximum absolute atomic E-state index is 11.1. The summed E-state index contributed by atoms with van der Waals surface area (Å²) in [6, 6.07) is 5.85. The molecule has 0 aliphatic carbocycles. The highest BCUT2D eigenvalue weighted by Crippen LogP contribution is 2.34. The van der Waals surface area contributed by atoms with Crippen LogP contribution < -0.4 is 0 Å². The van der Waals surface area contributed by atoms with Crippen molar-refractivity contribution in [2.75, 3.05) is 13.1 Å². The lowest BCUT2D eigenvalue weighted by Gasteiger charge is -2.31. The van der Waals surface area contributed by atoms with Crippen LogP contribution in [0.2, 0.25) is 10.1 Å². The molecule has 134 valence electrons. The molecule has 0 saturated heterocycles.